The number of ether oxygens (including phenoxy) is 4. The third kappa shape index (κ3) is 4.98. The molecule has 0 N–H and O–H groups in total. The van der Waals surface area contributed by atoms with Gasteiger partial charge in [-0.25, -0.2) is 9.79 Å². The first kappa shape index (κ1) is 27.2. The molecule has 3 aromatic rings. The summed E-state index contributed by atoms with van der Waals surface area (Å²) < 4.78 is 23.8. The van der Waals surface area contributed by atoms with Crippen molar-refractivity contribution in [2.24, 2.45) is 4.99 Å². The lowest BCUT2D eigenvalue weighted by molar-refractivity contribution is -0.139. The van der Waals surface area contributed by atoms with Crippen LogP contribution in [0.15, 0.2) is 57.5 Å². The highest BCUT2D eigenvalue weighted by atomic mass is 32.1. The average Bonchev–Trinajstić information content (AvgIpc) is 3.21. The number of rotatable bonds is 8. The Morgan fingerprint density at radius 3 is 2.24 bits per heavy atom. The summed E-state index contributed by atoms with van der Waals surface area (Å²) in [7, 11) is 4.62. The van der Waals surface area contributed by atoms with E-state index in [4.69, 9.17) is 18.9 Å². The van der Waals surface area contributed by atoms with Gasteiger partial charge in [0.15, 0.2) is 16.3 Å². The monoisotopic (exact) mass is 536 g/mol. The Morgan fingerprint density at radius 1 is 1.08 bits per heavy atom. The van der Waals surface area contributed by atoms with E-state index < -0.39 is 12.0 Å². The number of benzene rings is 2. The first-order chi connectivity index (χ1) is 18.2. The summed E-state index contributed by atoms with van der Waals surface area (Å²) >= 11 is 1.26. The zero-order valence-corrected chi connectivity index (χ0v) is 23.5. The van der Waals surface area contributed by atoms with E-state index in [-0.39, 0.29) is 12.2 Å². The summed E-state index contributed by atoms with van der Waals surface area (Å²) in [6, 6.07) is 10.9. The molecule has 0 saturated heterocycles. The van der Waals surface area contributed by atoms with Gasteiger partial charge in [0.05, 0.1) is 49.8 Å². The molecule has 200 valence electrons. The van der Waals surface area contributed by atoms with Crippen LogP contribution in [-0.2, 0) is 9.53 Å². The molecule has 0 bridgehead atoms. The maximum absolute atomic E-state index is 13.9. The quantitative estimate of drug-likeness (QED) is 0.405. The number of thiazole rings is 1. The number of fused-ring (bicyclic) bond motifs is 1. The van der Waals surface area contributed by atoms with E-state index in [0.29, 0.717) is 49.3 Å². The average molecular weight is 537 g/mol. The largest absolute Gasteiger partial charge is 0.493 e. The van der Waals surface area contributed by atoms with Crippen LogP contribution < -0.4 is 29.1 Å². The van der Waals surface area contributed by atoms with Crippen LogP contribution in [0.3, 0.4) is 0 Å². The second kappa shape index (κ2) is 11.3. The zero-order chi connectivity index (χ0) is 27.6. The van der Waals surface area contributed by atoms with Crippen LogP contribution in [0.25, 0.3) is 6.08 Å². The fourth-order valence-electron chi connectivity index (χ4n) is 4.51. The Balaban J connectivity index is 1.93. The van der Waals surface area contributed by atoms with Crippen LogP contribution in [0.4, 0.5) is 0 Å². The molecule has 1 aliphatic rings. The molecule has 0 aliphatic carbocycles. The minimum Gasteiger partial charge on any atom is -0.493 e. The second-order valence-corrected chi connectivity index (χ2v) is 10.1. The van der Waals surface area contributed by atoms with Crippen molar-refractivity contribution < 1.29 is 23.7 Å². The van der Waals surface area contributed by atoms with Crippen molar-refractivity contribution in [3.05, 3.63) is 84.0 Å². The van der Waals surface area contributed by atoms with E-state index in [1.165, 1.54) is 24.0 Å². The highest BCUT2D eigenvalue weighted by Gasteiger charge is 2.33. The minimum atomic E-state index is -0.659. The molecular formula is C29H32N2O6S. The van der Waals surface area contributed by atoms with Crippen molar-refractivity contribution in [3.63, 3.8) is 0 Å². The Hall–Kier alpha value is -3.85. The molecule has 0 unspecified atom stereocenters. The Labute approximate surface area is 225 Å². The Kier molecular flexibility index (Phi) is 8.06. The number of allylic oxidation sites excluding steroid dienone is 1. The number of methoxy groups -OCH3 is 3. The molecule has 38 heavy (non-hydrogen) atoms. The summed E-state index contributed by atoms with van der Waals surface area (Å²) in [5, 5.41) is 0. The third-order valence-electron chi connectivity index (χ3n) is 6.42. The summed E-state index contributed by atoms with van der Waals surface area (Å²) in [6.45, 7) is 8.00. The van der Waals surface area contributed by atoms with Crippen molar-refractivity contribution in [1.82, 2.24) is 4.57 Å². The molecule has 0 amide bonds. The molecule has 9 heteroatoms. The molecule has 0 radical (unpaired) electrons. The molecule has 0 spiro atoms. The topological polar surface area (TPSA) is 88.4 Å². The SMILES string of the molecule is CCOC(=O)C1=C(C)N=c2s/c(=C\c3cc(OC)c(OC)c(OC)c3)c(=O)n2[C@H]1c1ccc(C(C)C)cc1. The van der Waals surface area contributed by atoms with Crippen LogP contribution >= 0.6 is 11.3 Å². The van der Waals surface area contributed by atoms with Gasteiger partial charge < -0.3 is 18.9 Å². The maximum atomic E-state index is 13.9. The molecule has 0 saturated carbocycles. The number of nitrogens with zero attached hydrogens (tertiary/aromatic N) is 2. The molecule has 1 aliphatic heterocycles. The lowest BCUT2D eigenvalue weighted by Crippen LogP contribution is -2.39. The van der Waals surface area contributed by atoms with Gasteiger partial charge in [0, 0.05) is 0 Å². The predicted molar refractivity (Wildman–Crippen MR) is 147 cm³/mol. The smallest absolute Gasteiger partial charge is 0.338 e. The standard InChI is InChI=1S/C29H32N2O6S/c1-8-37-28(33)24-17(4)30-29-31(25(24)20-11-9-19(10-12-20)16(2)3)27(32)23(38-29)15-18-13-21(34-5)26(36-7)22(14-18)35-6/h9-16,25H,8H2,1-7H3/b23-15-/t25-/m0/s1. The van der Waals surface area contributed by atoms with Crippen LogP contribution in [0, 0.1) is 0 Å². The van der Waals surface area contributed by atoms with E-state index in [9.17, 15) is 9.59 Å². The molecule has 8 nitrogen and oxygen atoms in total. The van der Waals surface area contributed by atoms with Crippen LogP contribution in [-0.4, -0.2) is 38.5 Å². The predicted octanol–water partition coefficient (Wildman–Crippen LogP) is 3.95. The summed E-state index contributed by atoms with van der Waals surface area (Å²) in [4.78, 5) is 32.1. The molecule has 4 rings (SSSR count). The van der Waals surface area contributed by atoms with E-state index >= 15 is 0 Å². The highest BCUT2D eigenvalue weighted by molar-refractivity contribution is 7.07. The lowest BCUT2D eigenvalue weighted by Gasteiger charge is -2.25. The van der Waals surface area contributed by atoms with E-state index in [0.717, 1.165) is 5.56 Å². The van der Waals surface area contributed by atoms with Gasteiger partial charge in [-0.2, -0.15) is 0 Å². The summed E-state index contributed by atoms with van der Waals surface area (Å²) in [5.74, 6) is 1.30. The minimum absolute atomic E-state index is 0.222. The molecule has 0 fully saturated rings. The van der Waals surface area contributed by atoms with E-state index in [1.54, 1.807) is 50.8 Å². The van der Waals surface area contributed by atoms with Gasteiger partial charge in [0.2, 0.25) is 5.75 Å². The highest BCUT2D eigenvalue weighted by Crippen LogP contribution is 2.38. The Bertz CT molecular complexity index is 1540. The first-order valence-corrected chi connectivity index (χ1v) is 13.1. The fourth-order valence-corrected chi connectivity index (χ4v) is 5.55. The van der Waals surface area contributed by atoms with Gasteiger partial charge in [-0.05, 0) is 54.7 Å². The maximum Gasteiger partial charge on any atom is 0.338 e. The second-order valence-electron chi connectivity index (χ2n) is 9.08. The van der Waals surface area contributed by atoms with Gasteiger partial charge in [0.25, 0.3) is 5.56 Å². The molecule has 2 aromatic carbocycles. The normalized spacial score (nSPS) is 15.3. The van der Waals surface area contributed by atoms with Gasteiger partial charge in [-0.1, -0.05) is 49.4 Å². The van der Waals surface area contributed by atoms with Gasteiger partial charge in [0.1, 0.15) is 0 Å². The van der Waals surface area contributed by atoms with Crippen molar-refractivity contribution >= 4 is 23.4 Å². The number of hydrogen-bond acceptors (Lipinski definition) is 8. The Morgan fingerprint density at radius 2 is 1.71 bits per heavy atom. The van der Waals surface area contributed by atoms with Gasteiger partial charge in [-0.15, -0.1) is 0 Å². The van der Waals surface area contributed by atoms with Crippen LogP contribution in [0.1, 0.15) is 56.3 Å². The molecule has 1 aromatic heterocycles. The molecular weight excluding hydrogens is 504 g/mol. The number of esters is 1. The lowest BCUT2D eigenvalue weighted by atomic mass is 9.93. The number of aromatic nitrogens is 1. The van der Waals surface area contributed by atoms with Crippen LogP contribution in [0.2, 0.25) is 0 Å². The molecule has 2 heterocycles. The van der Waals surface area contributed by atoms with E-state index in [2.05, 4.69) is 18.8 Å². The summed E-state index contributed by atoms with van der Waals surface area (Å²) in [5.41, 5.74) is 3.31. The van der Waals surface area contributed by atoms with Crippen LogP contribution in [0.5, 0.6) is 17.2 Å². The first-order valence-electron chi connectivity index (χ1n) is 12.3. The third-order valence-corrected chi connectivity index (χ3v) is 7.40. The van der Waals surface area contributed by atoms with Crippen molar-refractivity contribution in [2.45, 2.75) is 39.7 Å². The molecule has 1 atom stereocenters. The number of hydrogen-bond donors (Lipinski definition) is 0. The fraction of sp³-hybridized carbons (Fsp3) is 0.345. The van der Waals surface area contributed by atoms with Gasteiger partial charge in [-0.3, -0.25) is 9.36 Å². The summed E-state index contributed by atoms with van der Waals surface area (Å²) in [6.07, 6.45) is 1.76. The number of carbonyl (C=O) groups is 1. The number of carbonyl (C=O) groups excluding carboxylic acids is 1. The van der Waals surface area contributed by atoms with Gasteiger partial charge >= 0.3 is 5.97 Å². The zero-order valence-electron chi connectivity index (χ0n) is 22.7. The van der Waals surface area contributed by atoms with E-state index in [1.807, 2.05) is 24.3 Å². The van der Waals surface area contributed by atoms with Crippen molar-refractivity contribution in [3.8, 4) is 17.2 Å². The van der Waals surface area contributed by atoms with Crippen molar-refractivity contribution in [2.75, 3.05) is 27.9 Å². The van der Waals surface area contributed by atoms with Crippen molar-refractivity contribution in [1.29, 1.82) is 0 Å².